The maximum absolute atomic E-state index is 13.7. The Labute approximate surface area is 96.1 Å². The van der Waals surface area contributed by atoms with E-state index in [9.17, 15) is 9.18 Å². The van der Waals surface area contributed by atoms with E-state index in [1.807, 2.05) is 11.9 Å². The molecule has 0 saturated carbocycles. The fraction of sp³-hybridized carbons (Fsp3) is 0.462. The van der Waals surface area contributed by atoms with Gasteiger partial charge in [0.15, 0.2) is 5.78 Å². The first-order chi connectivity index (χ1) is 7.57. The van der Waals surface area contributed by atoms with Crippen molar-refractivity contribution in [2.75, 3.05) is 18.5 Å². The number of carbonyl (C=O) groups is 1. The molecule has 0 saturated heterocycles. The summed E-state index contributed by atoms with van der Waals surface area (Å²) in [5.74, 6) is -0.427. The number of rotatable bonds is 5. The lowest BCUT2D eigenvalue weighted by atomic mass is 10.1. The Balaban J connectivity index is 3.04. The van der Waals surface area contributed by atoms with Crippen molar-refractivity contribution in [2.24, 2.45) is 0 Å². The molecule has 16 heavy (non-hydrogen) atoms. The van der Waals surface area contributed by atoms with E-state index in [4.69, 9.17) is 0 Å². The smallest absolute Gasteiger partial charge is 0.161 e. The number of hydrogen-bond donors (Lipinski definition) is 0. The molecule has 1 aromatic rings. The van der Waals surface area contributed by atoms with Crippen molar-refractivity contribution in [3.8, 4) is 0 Å². The lowest BCUT2D eigenvalue weighted by Crippen LogP contribution is -2.22. The second-order valence-electron chi connectivity index (χ2n) is 3.97. The molecule has 0 spiro atoms. The molecule has 0 aromatic heterocycles. The molecular formula is C13H18FNO. The molecule has 0 radical (unpaired) electrons. The predicted octanol–water partition coefficient (Wildman–Crippen LogP) is 3.26. The first-order valence-corrected chi connectivity index (χ1v) is 5.58. The molecule has 0 aliphatic carbocycles. The third-order valence-corrected chi connectivity index (χ3v) is 2.59. The first kappa shape index (κ1) is 12.7. The Morgan fingerprint density at radius 1 is 1.44 bits per heavy atom. The fourth-order valence-corrected chi connectivity index (χ4v) is 1.69. The van der Waals surface area contributed by atoms with Gasteiger partial charge in [0.2, 0.25) is 0 Å². The van der Waals surface area contributed by atoms with Gasteiger partial charge in [0.1, 0.15) is 5.82 Å². The molecule has 2 nitrogen and oxygen atoms in total. The third-order valence-electron chi connectivity index (χ3n) is 2.59. The minimum absolute atomic E-state index is 0.0992. The highest BCUT2D eigenvalue weighted by molar-refractivity contribution is 5.99. The summed E-state index contributed by atoms with van der Waals surface area (Å²) in [5.41, 5.74) is 0.877. The highest BCUT2D eigenvalue weighted by atomic mass is 19.1. The summed E-state index contributed by atoms with van der Waals surface area (Å²) in [6.45, 7) is 4.31. The molecule has 0 aliphatic rings. The van der Waals surface area contributed by atoms with Crippen LogP contribution in [0.2, 0.25) is 0 Å². The van der Waals surface area contributed by atoms with Gasteiger partial charge in [-0.2, -0.15) is 0 Å². The minimum atomic E-state index is -0.327. The Morgan fingerprint density at radius 2 is 2.12 bits per heavy atom. The summed E-state index contributed by atoms with van der Waals surface area (Å²) in [7, 11) is 1.82. The van der Waals surface area contributed by atoms with E-state index >= 15 is 0 Å². The average molecular weight is 223 g/mol. The second kappa shape index (κ2) is 5.64. The van der Waals surface area contributed by atoms with E-state index in [1.54, 1.807) is 12.1 Å². The lowest BCUT2D eigenvalue weighted by Gasteiger charge is -2.21. The van der Waals surface area contributed by atoms with Crippen LogP contribution >= 0.6 is 0 Å². The van der Waals surface area contributed by atoms with Gasteiger partial charge in [0.25, 0.3) is 0 Å². The molecule has 0 aliphatic heterocycles. The molecule has 0 amide bonds. The fourth-order valence-electron chi connectivity index (χ4n) is 1.69. The zero-order valence-corrected chi connectivity index (χ0v) is 10.1. The Bertz CT molecular complexity index is 376. The molecule has 0 fully saturated rings. The SMILES string of the molecule is CCCCN(C)c1c(F)cccc1C(C)=O. The Kier molecular flexibility index (Phi) is 4.47. The topological polar surface area (TPSA) is 20.3 Å². The number of hydrogen-bond acceptors (Lipinski definition) is 2. The summed E-state index contributed by atoms with van der Waals surface area (Å²) < 4.78 is 13.7. The zero-order valence-electron chi connectivity index (χ0n) is 10.1. The Morgan fingerprint density at radius 3 is 2.69 bits per heavy atom. The van der Waals surface area contributed by atoms with Gasteiger partial charge in [-0.25, -0.2) is 4.39 Å². The molecular weight excluding hydrogens is 205 g/mol. The van der Waals surface area contributed by atoms with E-state index in [1.165, 1.54) is 13.0 Å². The van der Waals surface area contributed by atoms with Crippen LogP contribution in [0.1, 0.15) is 37.0 Å². The van der Waals surface area contributed by atoms with Crippen molar-refractivity contribution >= 4 is 11.5 Å². The van der Waals surface area contributed by atoms with Crippen molar-refractivity contribution in [3.63, 3.8) is 0 Å². The van der Waals surface area contributed by atoms with Gasteiger partial charge < -0.3 is 4.90 Å². The van der Waals surface area contributed by atoms with Crippen LogP contribution in [0.5, 0.6) is 0 Å². The molecule has 0 N–H and O–H groups in total. The zero-order chi connectivity index (χ0) is 12.1. The van der Waals surface area contributed by atoms with Crippen LogP contribution in [0.3, 0.4) is 0 Å². The Hall–Kier alpha value is -1.38. The van der Waals surface area contributed by atoms with Crippen LogP contribution < -0.4 is 4.90 Å². The van der Waals surface area contributed by atoms with Gasteiger partial charge in [0.05, 0.1) is 5.69 Å². The largest absolute Gasteiger partial charge is 0.372 e. The van der Waals surface area contributed by atoms with E-state index < -0.39 is 0 Å². The van der Waals surface area contributed by atoms with Gasteiger partial charge >= 0.3 is 0 Å². The third kappa shape index (κ3) is 2.81. The number of Topliss-reactive ketones (excluding diaryl/α,β-unsaturated/α-hetero) is 1. The number of ketones is 1. The van der Waals surface area contributed by atoms with Crippen LogP contribution in [0.25, 0.3) is 0 Å². The van der Waals surface area contributed by atoms with Gasteiger partial charge in [0, 0.05) is 19.2 Å². The molecule has 0 unspecified atom stereocenters. The first-order valence-electron chi connectivity index (χ1n) is 5.58. The van der Waals surface area contributed by atoms with Crippen molar-refractivity contribution in [3.05, 3.63) is 29.6 Å². The summed E-state index contributed by atoms with van der Waals surface area (Å²) in [4.78, 5) is 13.2. The van der Waals surface area contributed by atoms with Gasteiger partial charge in [-0.05, 0) is 25.5 Å². The highest BCUT2D eigenvalue weighted by Gasteiger charge is 2.15. The highest BCUT2D eigenvalue weighted by Crippen LogP contribution is 2.24. The van der Waals surface area contributed by atoms with Gasteiger partial charge in [-0.3, -0.25) is 4.79 Å². The number of anilines is 1. The summed E-state index contributed by atoms with van der Waals surface area (Å²) >= 11 is 0. The number of unbranched alkanes of at least 4 members (excludes halogenated alkanes) is 1. The molecule has 1 aromatic carbocycles. The monoisotopic (exact) mass is 223 g/mol. The lowest BCUT2D eigenvalue weighted by molar-refractivity contribution is 0.101. The number of benzene rings is 1. The average Bonchev–Trinajstić information content (AvgIpc) is 2.25. The van der Waals surface area contributed by atoms with Crippen LogP contribution in [0.4, 0.5) is 10.1 Å². The molecule has 88 valence electrons. The number of carbonyl (C=O) groups excluding carboxylic acids is 1. The molecule has 0 heterocycles. The molecule has 1 rings (SSSR count). The van der Waals surface area contributed by atoms with E-state index in [2.05, 4.69) is 6.92 Å². The van der Waals surface area contributed by atoms with Gasteiger partial charge in [-0.1, -0.05) is 19.4 Å². The summed E-state index contributed by atoms with van der Waals surface area (Å²) in [5, 5.41) is 0. The minimum Gasteiger partial charge on any atom is -0.372 e. The number of para-hydroxylation sites is 1. The summed E-state index contributed by atoms with van der Waals surface area (Å²) in [6, 6.07) is 4.64. The van der Waals surface area contributed by atoms with E-state index in [0.717, 1.165) is 19.4 Å². The number of halogens is 1. The van der Waals surface area contributed by atoms with Crippen molar-refractivity contribution in [2.45, 2.75) is 26.7 Å². The van der Waals surface area contributed by atoms with E-state index in [-0.39, 0.29) is 11.6 Å². The quantitative estimate of drug-likeness (QED) is 0.714. The molecule has 0 atom stereocenters. The molecule has 3 heteroatoms. The van der Waals surface area contributed by atoms with Crippen molar-refractivity contribution in [1.29, 1.82) is 0 Å². The van der Waals surface area contributed by atoms with E-state index in [0.29, 0.717) is 11.3 Å². The van der Waals surface area contributed by atoms with Crippen LogP contribution in [0.15, 0.2) is 18.2 Å². The van der Waals surface area contributed by atoms with Crippen molar-refractivity contribution < 1.29 is 9.18 Å². The maximum atomic E-state index is 13.7. The van der Waals surface area contributed by atoms with Crippen LogP contribution in [0, 0.1) is 5.82 Å². The number of nitrogens with zero attached hydrogens (tertiary/aromatic N) is 1. The second-order valence-corrected chi connectivity index (χ2v) is 3.97. The summed E-state index contributed by atoms with van der Waals surface area (Å²) in [6.07, 6.45) is 2.04. The van der Waals surface area contributed by atoms with Crippen molar-refractivity contribution in [1.82, 2.24) is 0 Å². The van der Waals surface area contributed by atoms with Crippen LogP contribution in [-0.4, -0.2) is 19.4 Å². The molecule has 0 bridgehead atoms. The van der Waals surface area contributed by atoms with Gasteiger partial charge in [-0.15, -0.1) is 0 Å². The predicted molar refractivity (Wildman–Crippen MR) is 64.6 cm³/mol. The maximum Gasteiger partial charge on any atom is 0.161 e. The van der Waals surface area contributed by atoms with Crippen LogP contribution in [-0.2, 0) is 0 Å². The normalized spacial score (nSPS) is 10.2. The standard InChI is InChI=1S/C13H18FNO/c1-4-5-9-15(3)13-11(10(2)16)7-6-8-12(13)14/h6-8H,4-5,9H2,1-3H3.